The van der Waals surface area contributed by atoms with Crippen molar-refractivity contribution in [3.8, 4) is 0 Å². The molecule has 0 aliphatic rings. The Balaban J connectivity index is 1.77. The summed E-state index contributed by atoms with van der Waals surface area (Å²) < 4.78 is 2.63. The molecule has 0 bridgehead atoms. The first-order chi connectivity index (χ1) is 12.1. The molecule has 0 fully saturated rings. The van der Waals surface area contributed by atoms with Crippen LogP contribution in [0.3, 0.4) is 0 Å². The van der Waals surface area contributed by atoms with Gasteiger partial charge in [-0.3, -0.25) is 9.69 Å². The van der Waals surface area contributed by atoms with Gasteiger partial charge in [-0.1, -0.05) is 23.5 Å². The van der Waals surface area contributed by atoms with E-state index < -0.39 is 0 Å². The summed E-state index contributed by atoms with van der Waals surface area (Å²) in [7, 11) is 0. The Bertz CT molecular complexity index is 1100. The molecular formula is C17H16N6OS. The minimum Gasteiger partial charge on any atom is -0.281 e. The van der Waals surface area contributed by atoms with E-state index in [9.17, 15) is 4.79 Å². The predicted molar refractivity (Wildman–Crippen MR) is 97.2 cm³/mol. The van der Waals surface area contributed by atoms with E-state index in [1.165, 1.54) is 11.3 Å². The Morgan fingerprint density at radius 1 is 1.24 bits per heavy atom. The van der Waals surface area contributed by atoms with Crippen molar-refractivity contribution in [3.63, 3.8) is 0 Å². The predicted octanol–water partition coefficient (Wildman–Crippen LogP) is 3.02. The van der Waals surface area contributed by atoms with Crippen LogP contribution in [0.4, 0.5) is 5.13 Å². The van der Waals surface area contributed by atoms with Crippen LogP contribution in [-0.2, 0) is 0 Å². The molecule has 1 amide bonds. The molecule has 8 heteroatoms. The Kier molecular flexibility index (Phi) is 3.69. The number of hydrogen-bond donors (Lipinski definition) is 0. The smallest absolute Gasteiger partial charge is 0.281 e. The standard InChI is InChI=1S/C17H16N6OS/c1-4-22(17-19-13-10(2)6-5-7-12(13)25-17)15(24)14-20-16-18-9-8-11(3)23(16)21-14/h5-9H,4H2,1-3H3. The van der Waals surface area contributed by atoms with E-state index in [0.29, 0.717) is 17.5 Å². The topological polar surface area (TPSA) is 76.3 Å². The van der Waals surface area contributed by atoms with Crippen molar-refractivity contribution < 1.29 is 4.79 Å². The molecule has 0 aliphatic carbocycles. The van der Waals surface area contributed by atoms with E-state index in [4.69, 9.17) is 0 Å². The molecule has 4 rings (SSSR count). The lowest BCUT2D eigenvalue weighted by molar-refractivity contribution is 0.0978. The Morgan fingerprint density at radius 3 is 2.80 bits per heavy atom. The minimum atomic E-state index is -0.274. The average molecular weight is 352 g/mol. The quantitative estimate of drug-likeness (QED) is 0.566. The number of aromatic nitrogens is 5. The third-order valence-corrected chi connectivity index (χ3v) is 5.07. The average Bonchev–Trinajstić information content (AvgIpc) is 3.21. The third-order valence-electron chi connectivity index (χ3n) is 4.02. The number of benzene rings is 1. The van der Waals surface area contributed by atoms with Gasteiger partial charge in [0, 0.05) is 18.4 Å². The first-order valence-corrected chi connectivity index (χ1v) is 8.76. The van der Waals surface area contributed by atoms with Crippen LogP contribution in [0.15, 0.2) is 30.5 Å². The van der Waals surface area contributed by atoms with Crippen LogP contribution < -0.4 is 4.90 Å². The lowest BCUT2D eigenvalue weighted by Gasteiger charge is -2.15. The van der Waals surface area contributed by atoms with Crippen LogP contribution in [-0.4, -0.2) is 37.0 Å². The SMILES string of the molecule is CCN(C(=O)c1nc2nccc(C)n2n1)c1nc2c(C)cccc2s1. The summed E-state index contributed by atoms with van der Waals surface area (Å²) in [6, 6.07) is 7.85. The summed E-state index contributed by atoms with van der Waals surface area (Å²) in [5.41, 5.74) is 2.89. The van der Waals surface area contributed by atoms with Gasteiger partial charge in [0.2, 0.25) is 5.82 Å². The van der Waals surface area contributed by atoms with Gasteiger partial charge in [-0.2, -0.15) is 4.98 Å². The Hall–Kier alpha value is -2.87. The van der Waals surface area contributed by atoms with Crippen molar-refractivity contribution in [2.45, 2.75) is 20.8 Å². The highest BCUT2D eigenvalue weighted by molar-refractivity contribution is 7.22. The summed E-state index contributed by atoms with van der Waals surface area (Å²) in [4.78, 5) is 27.6. The number of anilines is 1. The highest BCUT2D eigenvalue weighted by atomic mass is 32.1. The maximum Gasteiger partial charge on any atom is 0.299 e. The van der Waals surface area contributed by atoms with Crippen LogP contribution in [0.1, 0.15) is 28.8 Å². The second-order valence-corrected chi connectivity index (χ2v) is 6.71. The summed E-state index contributed by atoms with van der Waals surface area (Å²) in [5.74, 6) is 0.267. The van der Waals surface area contributed by atoms with E-state index in [0.717, 1.165) is 21.5 Å². The fraction of sp³-hybridized carbons (Fsp3) is 0.235. The van der Waals surface area contributed by atoms with Gasteiger partial charge in [-0.25, -0.2) is 14.5 Å². The molecular weight excluding hydrogens is 336 g/mol. The summed E-state index contributed by atoms with van der Waals surface area (Å²) in [5, 5.41) is 4.96. The lowest BCUT2D eigenvalue weighted by atomic mass is 10.2. The van der Waals surface area contributed by atoms with E-state index in [2.05, 4.69) is 20.1 Å². The monoisotopic (exact) mass is 352 g/mol. The number of fused-ring (bicyclic) bond motifs is 2. The first-order valence-electron chi connectivity index (χ1n) is 7.95. The Morgan fingerprint density at radius 2 is 2.08 bits per heavy atom. The molecule has 0 spiro atoms. The van der Waals surface area contributed by atoms with Crippen LogP contribution in [0, 0.1) is 13.8 Å². The van der Waals surface area contributed by atoms with Gasteiger partial charge in [0.1, 0.15) is 0 Å². The zero-order valence-electron chi connectivity index (χ0n) is 14.1. The van der Waals surface area contributed by atoms with Crippen molar-refractivity contribution in [1.29, 1.82) is 0 Å². The maximum atomic E-state index is 12.9. The molecule has 0 aliphatic heterocycles. The first kappa shape index (κ1) is 15.6. The molecule has 1 aromatic carbocycles. The number of rotatable bonds is 3. The van der Waals surface area contributed by atoms with Crippen molar-refractivity contribution in [2.75, 3.05) is 11.4 Å². The number of hydrogen-bond acceptors (Lipinski definition) is 6. The van der Waals surface area contributed by atoms with Gasteiger partial charge < -0.3 is 0 Å². The highest BCUT2D eigenvalue weighted by Gasteiger charge is 2.24. The molecule has 3 aromatic heterocycles. The molecule has 0 saturated heterocycles. The summed E-state index contributed by atoms with van der Waals surface area (Å²) in [6.45, 7) is 6.31. The second-order valence-electron chi connectivity index (χ2n) is 5.70. The van der Waals surface area contributed by atoms with Crippen molar-refractivity contribution in [1.82, 2.24) is 24.6 Å². The van der Waals surface area contributed by atoms with Crippen molar-refractivity contribution >= 4 is 38.4 Å². The zero-order chi connectivity index (χ0) is 17.6. The fourth-order valence-electron chi connectivity index (χ4n) is 2.67. The number of carbonyl (C=O) groups excluding carboxylic acids is 1. The third kappa shape index (κ3) is 2.54. The molecule has 0 saturated carbocycles. The summed E-state index contributed by atoms with van der Waals surface area (Å²) in [6.07, 6.45) is 1.65. The van der Waals surface area contributed by atoms with E-state index in [1.807, 2.05) is 45.0 Å². The molecule has 7 nitrogen and oxygen atoms in total. The van der Waals surface area contributed by atoms with Crippen LogP contribution >= 0.6 is 11.3 Å². The van der Waals surface area contributed by atoms with Crippen LogP contribution in [0.5, 0.6) is 0 Å². The largest absolute Gasteiger partial charge is 0.299 e. The number of nitrogens with zero attached hydrogens (tertiary/aromatic N) is 6. The normalized spacial score (nSPS) is 11.3. The van der Waals surface area contributed by atoms with E-state index in [1.54, 1.807) is 15.6 Å². The maximum absolute atomic E-state index is 12.9. The van der Waals surface area contributed by atoms with Crippen LogP contribution in [0.25, 0.3) is 16.0 Å². The molecule has 4 aromatic rings. The molecule has 0 atom stereocenters. The number of amides is 1. The Labute approximate surface area is 148 Å². The number of para-hydroxylation sites is 1. The van der Waals surface area contributed by atoms with Gasteiger partial charge in [-0.05, 0) is 38.5 Å². The molecule has 0 N–H and O–H groups in total. The minimum absolute atomic E-state index is 0.125. The molecule has 0 radical (unpaired) electrons. The van der Waals surface area contributed by atoms with E-state index in [-0.39, 0.29) is 11.7 Å². The van der Waals surface area contributed by atoms with Gasteiger partial charge in [-0.15, -0.1) is 5.10 Å². The number of aryl methyl sites for hydroxylation is 2. The van der Waals surface area contributed by atoms with Gasteiger partial charge in [0.05, 0.1) is 10.2 Å². The van der Waals surface area contributed by atoms with Gasteiger partial charge in [0.15, 0.2) is 5.13 Å². The van der Waals surface area contributed by atoms with Gasteiger partial charge >= 0.3 is 0 Å². The second kappa shape index (κ2) is 5.89. The summed E-state index contributed by atoms with van der Waals surface area (Å²) >= 11 is 1.49. The van der Waals surface area contributed by atoms with Crippen molar-refractivity contribution in [3.05, 3.63) is 47.5 Å². The zero-order valence-corrected chi connectivity index (χ0v) is 14.9. The molecule has 3 heterocycles. The lowest BCUT2D eigenvalue weighted by Crippen LogP contribution is -2.31. The molecule has 0 unspecified atom stereocenters. The van der Waals surface area contributed by atoms with Gasteiger partial charge in [0.25, 0.3) is 11.7 Å². The van der Waals surface area contributed by atoms with Crippen molar-refractivity contribution in [2.24, 2.45) is 0 Å². The number of thiazole rings is 1. The van der Waals surface area contributed by atoms with Crippen LogP contribution in [0.2, 0.25) is 0 Å². The fourth-order valence-corrected chi connectivity index (χ4v) is 3.78. The molecule has 25 heavy (non-hydrogen) atoms. The molecule has 126 valence electrons. The number of carbonyl (C=O) groups is 1. The van der Waals surface area contributed by atoms with E-state index >= 15 is 0 Å². The highest BCUT2D eigenvalue weighted by Crippen LogP contribution is 2.31.